The Morgan fingerprint density at radius 2 is 2.00 bits per heavy atom. The Balaban J connectivity index is 1.77. The number of hydrogen-bond acceptors (Lipinski definition) is 4. The van der Waals surface area contributed by atoms with Gasteiger partial charge in [0.25, 0.3) is 0 Å². The van der Waals surface area contributed by atoms with Gasteiger partial charge in [-0.2, -0.15) is 0 Å². The van der Waals surface area contributed by atoms with Gasteiger partial charge in [-0.05, 0) is 50.6 Å². The first kappa shape index (κ1) is 17.5. The second-order valence-electron chi connectivity index (χ2n) is 5.95. The van der Waals surface area contributed by atoms with E-state index in [9.17, 15) is 9.59 Å². The third-order valence-electron chi connectivity index (χ3n) is 4.34. The van der Waals surface area contributed by atoms with Gasteiger partial charge in [-0.15, -0.1) is 0 Å². The summed E-state index contributed by atoms with van der Waals surface area (Å²) in [5.74, 6) is 0.986. The molecule has 1 aromatic rings. The molecule has 0 radical (unpaired) electrons. The molecule has 1 unspecified atom stereocenters. The van der Waals surface area contributed by atoms with E-state index in [4.69, 9.17) is 4.74 Å². The van der Waals surface area contributed by atoms with Gasteiger partial charge in [0.1, 0.15) is 5.75 Å². The molecule has 1 heterocycles. The molecule has 1 fully saturated rings. The van der Waals surface area contributed by atoms with E-state index in [0.717, 1.165) is 31.7 Å². The first-order valence-corrected chi connectivity index (χ1v) is 8.27. The van der Waals surface area contributed by atoms with Crippen LogP contribution in [0.2, 0.25) is 0 Å². The molecule has 0 spiro atoms. The molecular formula is C18H26N2O3. The van der Waals surface area contributed by atoms with Gasteiger partial charge in [-0.25, -0.2) is 0 Å². The van der Waals surface area contributed by atoms with Gasteiger partial charge >= 0.3 is 0 Å². The lowest BCUT2D eigenvalue weighted by Gasteiger charge is -2.24. The maximum Gasteiger partial charge on any atom is 0.222 e. The summed E-state index contributed by atoms with van der Waals surface area (Å²) in [6.07, 6.45) is 3.59. The van der Waals surface area contributed by atoms with Crippen molar-refractivity contribution in [1.29, 1.82) is 0 Å². The first-order valence-electron chi connectivity index (χ1n) is 8.27. The standard InChI is InChI=1S/C18H26N2O3/c1-19-13-15-5-4-12-20(15)18(22)7-3-6-17(21)14-8-10-16(23-2)11-9-14/h8-11,15,19H,3-7,12-13H2,1-2H3. The fraction of sp³-hybridized carbons (Fsp3) is 0.556. The number of nitrogens with one attached hydrogen (secondary N) is 1. The minimum atomic E-state index is 0.0775. The summed E-state index contributed by atoms with van der Waals surface area (Å²) in [7, 11) is 3.51. The number of carbonyl (C=O) groups is 2. The zero-order valence-corrected chi connectivity index (χ0v) is 14.0. The molecule has 126 valence electrons. The second kappa shape index (κ2) is 8.67. The fourth-order valence-corrected chi connectivity index (χ4v) is 3.08. The summed E-state index contributed by atoms with van der Waals surface area (Å²) in [5, 5.41) is 3.14. The maximum absolute atomic E-state index is 12.3. The summed E-state index contributed by atoms with van der Waals surface area (Å²) in [6.45, 7) is 1.69. The fourth-order valence-electron chi connectivity index (χ4n) is 3.08. The van der Waals surface area contributed by atoms with Crippen LogP contribution in [0.25, 0.3) is 0 Å². The van der Waals surface area contributed by atoms with Crippen molar-refractivity contribution in [3.8, 4) is 5.75 Å². The van der Waals surface area contributed by atoms with Crippen molar-refractivity contribution in [3.05, 3.63) is 29.8 Å². The number of methoxy groups -OCH3 is 1. The lowest BCUT2D eigenvalue weighted by molar-refractivity contribution is -0.132. The van der Waals surface area contributed by atoms with Crippen LogP contribution in [0.3, 0.4) is 0 Å². The molecule has 0 aromatic heterocycles. The SMILES string of the molecule is CNCC1CCCN1C(=O)CCCC(=O)c1ccc(OC)cc1. The van der Waals surface area contributed by atoms with Crippen molar-refractivity contribution in [2.24, 2.45) is 0 Å². The Hall–Kier alpha value is -1.88. The first-order chi connectivity index (χ1) is 11.2. The number of amides is 1. The summed E-state index contributed by atoms with van der Waals surface area (Å²) < 4.78 is 5.08. The van der Waals surface area contributed by atoms with E-state index < -0.39 is 0 Å². The van der Waals surface area contributed by atoms with Crippen LogP contribution in [0.5, 0.6) is 5.75 Å². The number of ketones is 1. The van der Waals surface area contributed by atoms with Crippen molar-refractivity contribution < 1.29 is 14.3 Å². The molecule has 1 aliphatic heterocycles. The van der Waals surface area contributed by atoms with Crippen LogP contribution in [-0.4, -0.2) is 49.9 Å². The molecule has 1 atom stereocenters. The van der Waals surface area contributed by atoms with Crippen LogP contribution >= 0.6 is 0 Å². The number of rotatable bonds is 8. The smallest absolute Gasteiger partial charge is 0.222 e. The maximum atomic E-state index is 12.3. The zero-order chi connectivity index (χ0) is 16.7. The highest BCUT2D eigenvalue weighted by atomic mass is 16.5. The number of Topliss-reactive ketones (excluding diaryl/α,β-unsaturated/α-hetero) is 1. The summed E-state index contributed by atoms with van der Waals surface area (Å²) in [6, 6.07) is 7.42. The number of ether oxygens (including phenoxy) is 1. The average Bonchev–Trinajstić information content (AvgIpc) is 3.03. The second-order valence-corrected chi connectivity index (χ2v) is 5.95. The Morgan fingerprint density at radius 3 is 2.65 bits per heavy atom. The normalized spacial score (nSPS) is 17.3. The Bertz CT molecular complexity index is 528. The van der Waals surface area contributed by atoms with Gasteiger partial charge in [0, 0.05) is 37.5 Å². The monoisotopic (exact) mass is 318 g/mol. The van der Waals surface area contributed by atoms with Gasteiger partial charge < -0.3 is 15.0 Å². The predicted octanol–water partition coefficient (Wildman–Crippen LogP) is 2.26. The topological polar surface area (TPSA) is 58.6 Å². The van der Waals surface area contributed by atoms with Crippen LogP contribution in [-0.2, 0) is 4.79 Å². The van der Waals surface area contributed by atoms with E-state index in [1.807, 2.05) is 11.9 Å². The number of nitrogens with zero attached hydrogens (tertiary/aromatic N) is 1. The highest BCUT2D eigenvalue weighted by molar-refractivity contribution is 5.96. The van der Waals surface area contributed by atoms with Crippen molar-refractivity contribution in [3.63, 3.8) is 0 Å². The molecule has 5 nitrogen and oxygen atoms in total. The van der Waals surface area contributed by atoms with E-state index in [-0.39, 0.29) is 11.7 Å². The Kier molecular flexibility index (Phi) is 6.59. The number of benzene rings is 1. The molecule has 0 saturated carbocycles. The molecule has 1 aromatic carbocycles. The predicted molar refractivity (Wildman–Crippen MR) is 89.8 cm³/mol. The number of hydrogen-bond donors (Lipinski definition) is 1. The van der Waals surface area contributed by atoms with Gasteiger partial charge in [0.2, 0.25) is 5.91 Å². The molecule has 23 heavy (non-hydrogen) atoms. The molecule has 1 saturated heterocycles. The van der Waals surface area contributed by atoms with E-state index in [2.05, 4.69) is 5.32 Å². The lowest BCUT2D eigenvalue weighted by atomic mass is 10.0. The van der Waals surface area contributed by atoms with Crippen LogP contribution in [0, 0.1) is 0 Å². The van der Waals surface area contributed by atoms with E-state index in [0.29, 0.717) is 30.9 Å². The van der Waals surface area contributed by atoms with Crippen molar-refractivity contribution >= 4 is 11.7 Å². The van der Waals surface area contributed by atoms with Crippen LogP contribution in [0.1, 0.15) is 42.5 Å². The lowest BCUT2D eigenvalue weighted by Crippen LogP contribution is -2.40. The minimum absolute atomic E-state index is 0.0775. The number of likely N-dealkylation sites (N-methyl/N-ethyl adjacent to an activating group) is 1. The van der Waals surface area contributed by atoms with Crippen molar-refractivity contribution in [2.45, 2.75) is 38.1 Å². The summed E-state index contributed by atoms with van der Waals surface area (Å²) in [4.78, 5) is 26.4. The summed E-state index contributed by atoms with van der Waals surface area (Å²) >= 11 is 0. The Morgan fingerprint density at radius 1 is 1.26 bits per heavy atom. The molecule has 1 amide bonds. The number of likely N-dealkylation sites (tertiary alicyclic amines) is 1. The van der Waals surface area contributed by atoms with Gasteiger partial charge in [0.15, 0.2) is 5.78 Å². The largest absolute Gasteiger partial charge is 0.497 e. The van der Waals surface area contributed by atoms with Crippen LogP contribution < -0.4 is 10.1 Å². The molecular weight excluding hydrogens is 292 g/mol. The van der Waals surface area contributed by atoms with Crippen molar-refractivity contribution in [1.82, 2.24) is 10.2 Å². The van der Waals surface area contributed by atoms with Gasteiger partial charge in [-0.1, -0.05) is 0 Å². The Labute approximate surface area is 138 Å². The highest BCUT2D eigenvalue weighted by Gasteiger charge is 2.27. The van der Waals surface area contributed by atoms with Crippen molar-refractivity contribution in [2.75, 3.05) is 27.2 Å². The molecule has 1 aliphatic rings. The zero-order valence-electron chi connectivity index (χ0n) is 14.0. The van der Waals surface area contributed by atoms with Gasteiger partial charge in [-0.3, -0.25) is 9.59 Å². The quantitative estimate of drug-likeness (QED) is 0.747. The molecule has 5 heteroatoms. The minimum Gasteiger partial charge on any atom is -0.497 e. The highest BCUT2D eigenvalue weighted by Crippen LogP contribution is 2.19. The average molecular weight is 318 g/mol. The third-order valence-corrected chi connectivity index (χ3v) is 4.34. The van der Waals surface area contributed by atoms with E-state index in [1.165, 1.54) is 0 Å². The molecule has 2 rings (SSSR count). The van der Waals surface area contributed by atoms with Crippen LogP contribution in [0.4, 0.5) is 0 Å². The molecule has 1 N–H and O–H groups in total. The summed E-state index contributed by atoms with van der Waals surface area (Å²) in [5.41, 5.74) is 0.674. The molecule has 0 aliphatic carbocycles. The van der Waals surface area contributed by atoms with E-state index >= 15 is 0 Å². The third kappa shape index (κ3) is 4.79. The molecule has 0 bridgehead atoms. The number of carbonyl (C=O) groups excluding carboxylic acids is 2. The van der Waals surface area contributed by atoms with E-state index in [1.54, 1.807) is 31.4 Å². The van der Waals surface area contributed by atoms with Gasteiger partial charge in [0.05, 0.1) is 7.11 Å². The van der Waals surface area contributed by atoms with Crippen LogP contribution in [0.15, 0.2) is 24.3 Å².